The molecule has 3 saturated heterocycles. The highest BCUT2D eigenvalue weighted by atomic mass is 35.5. The van der Waals surface area contributed by atoms with Gasteiger partial charge in [0.1, 0.15) is 6.10 Å². The Hall–Kier alpha value is -1.54. The predicted molar refractivity (Wildman–Crippen MR) is 118 cm³/mol. The molecule has 1 amide bonds. The van der Waals surface area contributed by atoms with E-state index in [4.69, 9.17) is 30.5 Å². The Morgan fingerprint density at radius 3 is 2.71 bits per heavy atom. The summed E-state index contributed by atoms with van der Waals surface area (Å²) in [6.45, 7) is 3.95. The first-order chi connectivity index (χ1) is 15.0. The number of likely N-dealkylation sites (tertiary alicyclic amines) is 1. The van der Waals surface area contributed by atoms with Crippen LogP contribution in [0.4, 0.5) is 0 Å². The van der Waals surface area contributed by atoms with Gasteiger partial charge < -0.3 is 24.3 Å². The van der Waals surface area contributed by atoms with Crippen molar-refractivity contribution in [2.24, 2.45) is 0 Å². The number of carbonyl (C=O) groups is 1. The van der Waals surface area contributed by atoms with Gasteiger partial charge in [0.2, 0.25) is 5.91 Å². The highest BCUT2D eigenvalue weighted by molar-refractivity contribution is 6.33. The van der Waals surface area contributed by atoms with Crippen LogP contribution in [0.5, 0.6) is 11.5 Å². The second kappa shape index (κ2) is 9.94. The third-order valence-corrected chi connectivity index (χ3v) is 7.21. The SMILES string of the molecule is COc1ccc(CN2CCC3(CCC(CNC(=O)C4CCCO4)O3)CC2)c(Cl)c1OC. The molecule has 3 fully saturated rings. The first-order valence-corrected chi connectivity index (χ1v) is 11.6. The van der Waals surface area contributed by atoms with Crippen molar-refractivity contribution in [3.8, 4) is 11.5 Å². The molecule has 1 N–H and O–H groups in total. The summed E-state index contributed by atoms with van der Waals surface area (Å²) in [5.74, 6) is 1.23. The molecule has 1 aromatic carbocycles. The second-order valence-electron chi connectivity index (χ2n) is 8.76. The largest absolute Gasteiger partial charge is 0.493 e. The fourth-order valence-corrected chi connectivity index (χ4v) is 5.22. The van der Waals surface area contributed by atoms with Crippen LogP contribution in [0.2, 0.25) is 5.02 Å². The molecule has 2 unspecified atom stereocenters. The first-order valence-electron chi connectivity index (χ1n) is 11.2. The molecular weight excluding hydrogens is 420 g/mol. The minimum atomic E-state index is -0.276. The van der Waals surface area contributed by atoms with Crippen LogP contribution < -0.4 is 14.8 Å². The van der Waals surface area contributed by atoms with Gasteiger partial charge in [0, 0.05) is 32.8 Å². The Kier molecular flexibility index (Phi) is 7.26. The van der Waals surface area contributed by atoms with E-state index in [-0.39, 0.29) is 23.7 Å². The van der Waals surface area contributed by atoms with E-state index < -0.39 is 0 Å². The summed E-state index contributed by atoms with van der Waals surface area (Å²) < 4.78 is 22.7. The number of methoxy groups -OCH3 is 2. The summed E-state index contributed by atoms with van der Waals surface area (Å²) in [6.07, 6.45) is 5.64. The van der Waals surface area contributed by atoms with Crippen LogP contribution >= 0.6 is 11.6 Å². The molecule has 0 bridgehead atoms. The minimum absolute atomic E-state index is 0.00340. The number of benzene rings is 1. The van der Waals surface area contributed by atoms with Crippen LogP contribution in [0.25, 0.3) is 0 Å². The van der Waals surface area contributed by atoms with Gasteiger partial charge in [-0.2, -0.15) is 0 Å². The van der Waals surface area contributed by atoms with Gasteiger partial charge in [-0.25, -0.2) is 0 Å². The number of hydrogen-bond acceptors (Lipinski definition) is 6. The van der Waals surface area contributed by atoms with Crippen molar-refractivity contribution >= 4 is 17.5 Å². The molecule has 4 rings (SSSR count). The zero-order valence-electron chi connectivity index (χ0n) is 18.5. The van der Waals surface area contributed by atoms with Crippen molar-refractivity contribution in [3.63, 3.8) is 0 Å². The lowest BCUT2D eigenvalue weighted by Gasteiger charge is -2.39. The van der Waals surface area contributed by atoms with Gasteiger partial charge in [0.05, 0.1) is 30.9 Å². The lowest BCUT2D eigenvalue weighted by atomic mass is 9.88. The molecule has 2 atom stereocenters. The van der Waals surface area contributed by atoms with Crippen molar-refractivity contribution in [3.05, 3.63) is 22.7 Å². The van der Waals surface area contributed by atoms with Gasteiger partial charge in [-0.15, -0.1) is 0 Å². The van der Waals surface area contributed by atoms with Crippen molar-refractivity contribution < 1.29 is 23.7 Å². The molecule has 0 radical (unpaired) electrons. The maximum Gasteiger partial charge on any atom is 0.249 e. The third kappa shape index (κ3) is 5.11. The monoisotopic (exact) mass is 452 g/mol. The average Bonchev–Trinajstić information content (AvgIpc) is 3.46. The lowest BCUT2D eigenvalue weighted by Crippen LogP contribution is -2.45. The van der Waals surface area contributed by atoms with Crippen molar-refractivity contribution in [2.45, 2.75) is 62.9 Å². The number of piperidine rings is 1. The average molecular weight is 453 g/mol. The van der Waals surface area contributed by atoms with Crippen LogP contribution in [0.3, 0.4) is 0 Å². The summed E-state index contributed by atoms with van der Waals surface area (Å²) in [7, 11) is 3.22. The molecule has 0 aliphatic carbocycles. The van der Waals surface area contributed by atoms with Crippen LogP contribution in [-0.4, -0.2) is 69.1 Å². The highest BCUT2D eigenvalue weighted by Crippen LogP contribution is 2.41. The van der Waals surface area contributed by atoms with Gasteiger partial charge in [0.25, 0.3) is 0 Å². The molecule has 0 aromatic heterocycles. The Morgan fingerprint density at radius 1 is 1.23 bits per heavy atom. The van der Waals surface area contributed by atoms with Gasteiger partial charge in [0.15, 0.2) is 11.5 Å². The summed E-state index contributed by atoms with van der Waals surface area (Å²) in [5.41, 5.74) is 0.981. The Balaban J connectivity index is 1.26. The molecule has 3 aliphatic heterocycles. The zero-order valence-corrected chi connectivity index (χ0v) is 19.2. The Bertz CT molecular complexity index is 775. The maximum absolute atomic E-state index is 12.2. The second-order valence-corrected chi connectivity index (χ2v) is 9.14. The number of ether oxygens (including phenoxy) is 4. The molecule has 8 heteroatoms. The predicted octanol–water partition coefficient (Wildman–Crippen LogP) is 3.17. The topological polar surface area (TPSA) is 69.3 Å². The first kappa shape index (κ1) is 22.6. The van der Waals surface area contributed by atoms with Gasteiger partial charge in [-0.05, 0) is 50.2 Å². The molecule has 3 heterocycles. The lowest BCUT2D eigenvalue weighted by molar-refractivity contribution is -0.131. The van der Waals surface area contributed by atoms with E-state index in [9.17, 15) is 4.79 Å². The van der Waals surface area contributed by atoms with E-state index in [1.807, 2.05) is 12.1 Å². The van der Waals surface area contributed by atoms with Crippen LogP contribution in [0, 0.1) is 0 Å². The number of amides is 1. The van der Waals surface area contributed by atoms with Crippen molar-refractivity contribution in [1.29, 1.82) is 0 Å². The number of rotatable bonds is 7. The Labute approximate surface area is 189 Å². The van der Waals surface area contributed by atoms with Gasteiger partial charge >= 0.3 is 0 Å². The summed E-state index contributed by atoms with van der Waals surface area (Å²) >= 11 is 6.56. The van der Waals surface area contributed by atoms with E-state index in [1.54, 1.807) is 14.2 Å². The zero-order chi connectivity index (χ0) is 21.8. The number of hydrogen-bond donors (Lipinski definition) is 1. The molecule has 7 nitrogen and oxygen atoms in total. The van der Waals surface area contributed by atoms with E-state index in [0.29, 0.717) is 29.7 Å². The molecule has 172 valence electrons. The van der Waals surface area contributed by atoms with E-state index in [1.165, 1.54) is 0 Å². The normalized spacial score (nSPS) is 25.6. The van der Waals surface area contributed by atoms with E-state index >= 15 is 0 Å². The fraction of sp³-hybridized carbons (Fsp3) is 0.696. The van der Waals surface area contributed by atoms with E-state index in [2.05, 4.69) is 10.2 Å². The standard InChI is InChI=1S/C23H33ClN2O5/c1-28-18-6-5-16(20(24)21(18)29-2)15-26-11-9-23(10-12-26)8-7-17(31-23)14-25-22(27)19-4-3-13-30-19/h5-6,17,19H,3-4,7-15H2,1-2H3,(H,25,27). The molecule has 31 heavy (non-hydrogen) atoms. The summed E-state index contributed by atoms with van der Waals surface area (Å²) in [5, 5.41) is 3.63. The maximum atomic E-state index is 12.2. The van der Waals surface area contributed by atoms with Gasteiger partial charge in [-0.1, -0.05) is 17.7 Å². The van der Waals surface area contributed by atoms with Crippen LogP contribution in [-0.2, 0) is 20.8 Å². The van der Waals surface area contributed by atoms with Crippen LogP contribution in [0.1, 0.15) is 44.1 Å². The van der Waals surface area contributed by atoms with Crippen LogP contribution in [0.15, 0.2) is 12.1 Å². The van der Waals surface area contributed by atoms with Gasteiger partial charge in [-0.3, -0.25) is 9.69 Å². The number of carbonyl (C=O) groups excluding carboxylic acids is 1. The molecule has 3 aliphatic rings. The fourth-order valence-electron chi connectivity index (χ4n) is 4.93. The summed E-state index contributed by atoms with van der Waals surface area (Å²) in [6, 6.07) is 3.91. The summed E-state index contributed by atoms with van der Waals surface area (Å²) in [4.78, 5) is 14.6. The third-order valence-electron chi connectivity index (χ3n) is 6.79. The molecule has 1 spiro atoms. The molecule has 1 aromatic rings. The van der Waals surface area contributed by atoms with Crippen molar-refractivity contribution in [1.82, 2.24) is 10.2 Å². The number of nitrogens with zero attached hydrogens (tertiary/aromatic N) is 1. The quantitative estimate of drug-likeness (QED) is 0.685. The number of nitrogens with one attached hydrogen (secondary N) is 1. The number of halogens is 1. The smallest absolute Gasteiger partial charge is 0.249 e. The minimum Gasteiger partial charge on any atom is -0.493 e. The Morgan fingerprint density at radius 2 is 2.03 bits per heavy atom. The van der Waals surface area contributed by atoms with E-state index in [0.717, 1.165) is 63.7 Å². The highest BCUT2D eigenvalue weighted by Gasteiger charge is 2.42. The molecular formula is C23H33ClN2O5. The molecule has 0 saturated carbocycles. The van der Waals surface area contributed by atoms with Crippen molar-refractivity contribution in [2.75, 3.05) is 40.5 Å².